The van der Waals surface area contributed by atoms with Gasteiger partial charge in [0.1, 0.15) is 5.60 Å². The zero-order valence-electron chi connectivity index (χ0n) is 20.5. The Morgan fingerprint density at radius 2 is 1.77 bits per heavy atom. The van der Waals surface area contributed by atoms with Gasteiger partial charge in [-0.25, -0.2) is 9.59 Å². The first kappa shape index (κ1) is 26.7. The van der Waals surface area contributed by atoms with Gasteiger partial charge in [0.25, 0.3) is 0 Å². The third-order valence-corrected chi connectivity index (χ3v) is 10.5. The van der Waals surface area contributed by atoms with Crippen LogP contribution in [0.1, 0.15) is 61.3 Å². The van der Waals surface area contributed by atoms with Crippen LogP contribution in [-0.4, -0.2) is 57.2 Å². The molecule has 2 atom stereocenters. The second-order valence-corrected chi connectivity index (χ2v) is 15.5. The average Bonchev–Trinajstić information content (AvgIpc) is 2.58. The summed E-state index contributed by atoms with van der Waals surface area (Å²) in [7, 11) is -1.79. The van der Waals surface area contributed by atoms with Crippen molar-refractivity contribution < 1.29 is 23.5 Å². The number of piperidine rings is 1. The van der Waals surface area contributed by atoms with E-state index in [2.05, 4.69) is 33.9 Å². The Bertz CT molecular complexity index is 604. The fourth-order valence-corrected chi connectivity index (χ4v) is 4.23. The van der Waals surface area contributed by atoms with Gasteiger partial charge in [-0.05, 0) is 70.5 Å². The Morgan fingerprint density at radius 3 is 2.30 bits per heavy atom. The van der Waals surface area contributed by atoms with Crippen molar-refractivity contribution in [2.45, 2.75) is 85.0 Å². The average molecular weight is 442 g/mol. The number of amides is 1. The number of likely N-dealkylation sites (tertiary alicyclic amines) is 1. The zero-order chi connectivity index (χ0) is 23.2. The minimum Gasteiger partial charge on any atom is -0.463 e. The monoisotopic (exact) mass is 441 g/mol. The molecule has 0 radical (unpaired) electrons. The lowest BCUT2D eigenvalue weighted by Crippen LogP contribution is -2.46. The molecule has 1 fully saturated rings. The van der Waals surface area contributed by atoms with Gasteiger partial charge in [0.05, 0.1) is 6.61 Å². The fourth-order valence-electron chi connectivity index (χ4n) is 3.17. The second kappa shape index (κ2) is 10.8. The van der Waals surface area contributed by atoms with Gasteiger partial charge in [-0.15, -0.1) is 0 Å². The molecule has 0 aromatic carbocycles. The maximum atomic E-state index is 12.5. The van der Waals surface area contributed by atoms with Gasteiger partial charge in [-0.3, -0.25) is 0 Å². The Balaban J connectivity index is 2.81. The summed E-state index contributed by atoms with van der Waals surface area (Å²) in [4.78, 5) is 26.1. The number of carbonyl (C=O) groups is 2. The predicted octanol–water partition coefficient (Wildman–Crippen LogP) is 5.39. The molecule has 0 aliphatic carbocycles. The number of hydrogen-bond acceptors (Lipinski definition) is 5. The van der Waals surface area contributed by atoms with Gasteiger partial charge in [0.2, 0.25) is 0 Å². The molecule has 0 spiro atoms. The van der Waals surface area contributed by atoms with Crippen molar-refractivity contribution in [3.8, 4) is 0 Å². The molecule has 30 heavy (non-hydrogen) atoms. The predicted molar refractivity (Wildman–Crippen MR) is 123 cm³/mol. The molecule has 1 aliphatic heterocycles. The SMILES string of the molecule is CCOC(=O)/C=C/[C@H]1CN(C(=O)OC(C)(C)C)CC[C@H]1CCO[Si](C)(C)C(C)(C)C. The molecule has 6 nitrogen and oxygen atoms in total. The molecule has 0 bridgehead atoms. The summed E-state index contributed by atoms with van der Waals surface area (Å²) >= 11 is 0. The first-order valence-corrected chi connectivity index (χ1v) is 14.0. The van der Waals surface area contributed by atoms with Gasteiger partial charge in [0.15, 0.2) is 8.32 Å². The van der Waals surface area contributed by atoms with Crippen LogP contribution in [-0.2, 0) is 18.7 Å². The van der Waals surface area contributed by atoms with Crippen LogP contribution >= 0.6 is 0 Å². The summed E-state index contributed by atoms with van der Waals surface area (Å²) < 4.78 is 16.9. The third kappa shape index (κ3) is 8.80. The van der Waals surface area contributed by atoms with E-state index in [9.17, 15) is 9.59 Å². The fraction of sp³-hybridized carbons (Fsp3) is 0.826. The number of nitrogens with zero attached hydrogens (tertiary/aromatic N) is 1. The summed E-state index contributed by atoms with van der Waals surface area (Å²) in [6, 6.07) is 0. The Hall–Kier alpha value is -1.34. The molecular weight excluding hydrogens is 398 g/mol. The van der Waals surface area contributed by atoms with Gasteiger partial charge in [-0.2, -0.15) is 0 Å². The van der Waals surface area contributed by atoms with E-state index in [1.165, 1.54) is 6.08 Å². The highest BCUT2D eigenvalue weighted by molar-refractivity contribution is 6.74. The van der Waals surface area contributed by atoms with Crippen LogP contribution in [0.15, 0.2) is 12.2 Å². The molecule has 1 aliphatic rings. The maximum Gasteiger partial charge on any atom is 0.410 e. The molecule has 7 heteroatoms. The number of ether oxygens (including phenoxy) is 2. The summed E-state index contributed by atoms with van der Waals surface area (Å²) in [5.74, 6) is 0.0704. The van der Waals surface area contributed by atoms with Gasteiger partial charge in [-0.1, -0.05) is 26.8 Å². The lowest BCUT2D eigenvalue weighted by Gasteiger charge is -2.39. The van der Waals surface area contributed by atoms with E-state index < -0.39 is 13.9 Å². The summed E-state index contributed by atoms with van der Waals surface area (Å²) in [5, 5.41) is 0.177. The number of carbonyl (C=O) groups excluding carboxylic acids is 2. The van der Waals surface area contributed by atoms with Crippen molar-refractivity contribution in [2.24, 2.45) is 11.8 Å². The summed E-state index contributed by atoms with van der Waals surface area (Å²) in [6.45, 7) is 20.9. The lowest BCUT2D eigenvalue weighted by molar-refractivity contribution is -0.137. The van der Waals surface area contributed by atoms with E-state index in [1.54, 1.807) is 11.8 Å². The summed E-state index contributed by atoms with van der Waals surface area (Å²) in [5.41, 5.74) is -0.527. The number of esters is 1. The van der Waals surface area contributed by atoms with Gasteiger partial charge in [0, 0.05) is 25.8 Å². The van der Waals surface area contributed by atoms with Crippen LogP contribution in [0.25, 0.3) is 0 Å². The van der Waals surface area contributed by atoms with Crippen LogP contribution in [0.2, 0.25) is 18.1 Å². The van der Waals surface area contributed by atoms with E-state index >= 15 is 0 Å². The molecule has 1 saturated heterocycles. The Morgan fingerprint density at radius 1 is 1.13 bits per heavy atom. The largest absolute Gasteiger partial charge is 0.463 e. The van der Waals surface area contributed by atoms with Gasteiger partial charge >= 0.3 is 12.1 Å². The maximum absolute atomic E-state index is 12.5. The molecule has 0 saturated carbocycles. The smallest absolute Gasteiger partial charge is 0.410 e. The van der Waals surface area contributed by atoms with Crippen LogP contribution in [0.3, 0.4) is 0 Å². The quantitative estimate of drug-likeness (QED) is 0.301. The topological polar surface area (TPSA) is 65.1 Å². The van der Waals surface area contributed by atoms with Crippen LogP contribution in [0, 0.1) is 11.8 Å². The molecule has 1 amide bonds. The molecule has 0 aromatic rings. The van der Waals surface area contributed by atoms with Crippen molar-refractivity contribution >= 4 is 20.4 Å². The molecule has 1 rings (SSSR count). The standard InChI is InChI=1S/C23H43NO5Si/c1-10-27-20(25)12-11-19-17-24(21(26)29-22(2,3)4)15-13-18(19)14-16-28-30(8,9)23(5,6)7/h11-12,18-19H,10,13-17H2,1-9H3/b12-11+/t18-,19-/m0/s1. The summed E-state index contributed by atoms with van der Waals surface area (Å²) in [6.07, 6.45) is 4.86. The third-order valence-electron chi connectivity index (χ3n) is 5.98. The van der Waals surface area contributed by atoms with Crippen molar-refractivity contribution in [1.29, 1.82) is 0 Å². The highest BCUT2D eigenvalue weighted by atomic mass is 28.4. The van der Waals surface area contributed by atoms with E-state index in [0.29, 0.717) is 32.2 Å². The zero-order valence-corrected chi connectivity index (χ0v) is 21.5. The van der Waals surface area contributed by atoms with E-state index in [-0.39, 0.29) is 23.0 Å². The molecule has 174 valence electrons. The van der Waals surface area contributed by atoms with Crippen LogP contribution in [0.5, 0.6) is 0 Å². The number of hydrogen-bond donors (Lipinski definition) is 0. The van der Waals surface area contributed by atoms with Crippen molar-refractivity contribution in [3.05, 3.63) is 12.2 Å². The van der Waals surface area contributed by atoms with E-state index in [0.717, 1.165) is 12.8 Å². The van der Waals surface area contributed by atoms with E-state index in [4.69, 9.17) is 13.9 Å². The van der Waals surface area contributed by atoms with Crippen LogP contribution < -0.4 is 0 Å². The van der Waals surface area contributed by atoms with Gasteiger partial charge < -0.3 is 18.8 Å². The number of rotatable bonds is 7. The first-order valence-electron chi connectivity index (χ1n) is 11.1. The minimum atomic E-state index is -1.79. The lowest BCUT2D eigenvalue weighted by atomic mass is 9.83. The Labute approximate surface area is 184 Å². The second-order valence-electron chi connectivity index (χ2n) is 10.6. The highest BCUT2D eigenvalue weighted by Crippen LogP contribution is 2.37. The molecule has 1 heterocycles. The first-order chi connectivity index (χ1) is 13.7. The Kier molecular flexibility index (Phi) is 9.61. The van der Waals surface area contributed by atoms with Crippen molar-refractivity contribution in [3.63, 3.8) is 0 Å². The highest BCUT2D eigenvalue weighted by Gasteiger charge is 2.38. The molecular formula is C23H43NO5Si. The van der Waals surface area contributed by atoms with Crippen molar-refractivity contribution in [2.75, 3.05) is 26.3 Å². The van der Waals surface area contributed by atoms with Crippen LogP contribution in [0.4, 0.5) is 4.79 Å². The van der Waals surface area contributed by atoms with E-state index in [1.807, 2.05) is 26.8 Å². The minimum absolute atomic E-state index is 0.0682. The molecule has 0 N–H and O–H groups in total. The normalized spacial score (nSPS) is 21.0. The van der Waals surface area contributed by atoms with Crippen molar-refractivity contribution in [1.82, 2.24) is 4.90 Å². The molecule has 0 unspecified atom stereocenters. The molecule has 0 aromatic heterocycles.